The third-order valence-corrected chi connectivity index (χ3v) is 11.9. The molecule has 0 unspecified atom stereocenters. The van der Waals surface area contributed by atoms with Crippen LogP contribution in [0.2, 0.25) is 0 Å². The zero-order valence-corrected chi connectivity index (χ0v) is 34.9. The van der Waals surface area contributed by atoms with Crippen molar-refractivity contribution in [3.63, 3.8) is 0 Å². The van der Waals surface area contributed by atoms with Crippen molar-refractivity contribution in [1.82, 2.24) is 14.5 Å². The summed E-state index contributed by atoms with van der Waals surface area (Å²) >= 11 is 0. The van der Waals surface area contributed by atoms with Crippen molar-refractivity contribution in [1.29, 1.82) is 0 Å². The minimum atomic E-state index is -0.133. The summed E-state index contributed by atoms with van der Waals surface area (Å²) in [4.78, 5) is 10.5. The highest BCUT2D eigenvalue weighted by molar-refractivity contribution is 6.14. The molecule has 10 aromatic rings. The highest BCUT2D eigenvalue weighted by Gasteiger charge is 2.25. The largest absolute Gasteiger partial charge is 0.507 e. The Morgan fingerprint density at radius 3 is 2.08 bits per heavy atom. The van der Waals surface area contributed by atoms with Gasteiger partial charge in [-0.15, -0.1) is 0 Å². The van der Waals surface area contributed by atoms with Gasteiger partial charge in [0.15, 0.2) is 0 Å². The molecule has 5 nitrogen and oxygen atoms in total. The van der Waals surface area contributed by atoms with Crippen LogP contribution in [0.25, 0.3) is 83.2 Å². The van der Waals surface area contributed by atoms with Gasteiger partial charge in [0.25, 0.3) is 0 Å². The number of rotatable bonds is 6. The van der Waals surface area contributed by atoms with Crippen molar-refractivity contribution in [2.24, 2.45) is 0 Å². The molecule has 3 aromatic heterocycles. The molecular weight excluding hydrogens is 735 g/mol. The van der Waals surface area contributed by atoms with Crippen molar-refractivity contribution < 1.29 is 9.52 Å². The lowest BCUT2D eigenvalue weighted by Crippen LogP contribution is -2.11. The number of nitrogens with zero attached hydrogens (tertiary/aromatic N) is 3. The van der Waals surface area contributed by atoms with Crippen LogP contribution in [-0.4, -0.2) is 19.6 Å². The fraction of sp³-hybridized carbons (Fsp3) is 0.164. The lowest BCUT2D eigenvalue weighted by molar-refractivity contribution is 0.475. The zero-order chi connectivity index (χ0) is 41.3. The number of aromatic hydroxyl groups is 1. The smallest absolute Gasteiger partial charge is 0.149 e. The van der Waals surface area contributed by atoms with E-state index >= 15 is 0 Å². The van der Waals surface area contributed by atoms with Gasteiger partial charge in [0, 0.05) is 44.7 Å². The van der Waals surface area contributed by atoms with Crippen LogP contribution >= 0.6 is 0 Å². The Hall–Kier alpha value is -6.98. The first-order chi connectivity index (χ1) is 28.9. The van der Waals surface area contributed by atoms with Gasteiger partial charge in [0.1, 0.15) is 22.7 Å². The average Bonchev–Trinajstić information content (AvgIpc) is 3.82. The van der Waals surface area contributed by atoms with Crippen LogP contribution in [0.3, 0.4) is 0 Å². The molecule has 10 rings (SSSR count). The number of fused-ring (bicyclic) bond motifs is 5. The maximum atomic E-state index is 11.6. The molecule has 0 saturated carbocycles. The predicted octanol–water partition coefficient (Wildman–Crippen LogP) is 14.4. The Morgan fingerprint density at radius 2 is 1.30 bits per heavy atom. The number of hydrogen-bond acceptors (Lipinski definition) is 4. The Balaban J connectivity index is 1.24. The van der Waals surface area contributed by atoms with Crippen LogP contribution in [0.4, 0.5) is 0 Å². The fourth-order valence-corrected chi connectivity index (χ4v) is 8.56. The van der Waals surface area contributed by atoms with Gasteiger partial charge in [-0.25, -0.2) is 4.98 Å². The standard InChI is InChI=1S/C55H47N3O2/c1-54(2,3)38-23-26-48(59)46(32-38)53-57-51-41(18-12-19-47(51)58(53)40-24-21-35(22-25-40)28-34-14-8-7-9-15-34)37-30-44-42-17-10-11-20-49(42)60-52(44)45(31-37)43-33-39(55(4,5)6)29-36-16-13-27-56-50(36)43/h7-27,29-33,59H,28H2,1-6H3. The fourth-order valence-electron chi connectivity index (χ4n) is 8.56. The number of hydrogen-bond donors (Lipinski definition) is 1. The summed E-state index contributed by atoms with van der Waals surface area (Å²) in [6.45, 7) is 13.3. The second-order valence-corrected chi connectivity index (χ2v) is 18.1. The molecule has 0 spiro atoms. The normalized spacial score (nSPS) is 12.3. The van der Waals surface area contributed by atoms with Gasteiger partial charge >= 0.3 is 0 Å². The van der Waals surface area contributed by atoms with Crippen LogP contribution in [0.5, 0.6) is 5.75 Å². The predicted molar refractivity (Wildman–Crippen MR) is 248 cm³/mol. The number of phenolic OH excluding ortho intramolecular Hbond substituents is 1. The number of benzene rings is 7. The number of para-hydroxylation sites is 2. The zero-order valence-electron chi connectivity index (χ0n) is 34.9. The molecule has 1 N–H and O–H groups in total. The minimum absolute atomic E-state index is 0.0895. The van der Waals surface area contributed by atoms with E-state index in [-0.39, 0.29) is 16.6 Å². The molecule has 0 radical (unpaired) electrons. The van der Waals surface area contributed by atoms with Gasteiger partial charge in [0.05, 0.1) is 22.1 Å². The van der Waals surface area contributed by atoms with E-state index in [1.54, 1.807) is 6.07 Å². The number of aromatic nitrogens is 3. The van der Waals surface area contributed by atoms with Gasteiger partial charge < -0.3 is 9.52 Å². The molecule has 60 heavy (non-hydrogen) atoms. The maximum absolute atomic E-state index is 11.6. The van der Waals surface area contributed by atoms with Gasteiger partial charge in [-0.2, -0.15) is 0 Å². The molecule has 0 atom stereocenters. The van der Waals surface area contributed by atoms with Crippen molar-refractivity contribution >= 4 is 43.9 Å². The Bertz CT molecular complexity index is 3250. The Labute approximate surface area is 350 Å². The molecule has 294 valence electrons. The van der Waals surface area contributed by atoms with Gasteiger partial charge in [-0.1, -0.05) is 126 Å². The second kappa shape index (κ2) is 14.1. The third kappa shape index (κ3) is 6.51. The molecule has 0 amide bonds. The number of phenols is 1. The van der Waals surface area contributed by atoms with Gasteiger partial charge in [-0.3, -0.25) is 9.55 Å². The van der Waals surface area contributed by atoms with E-state index in [9.17, 15) is 5.11 Å². The first-order valence-electron chi connectivity index (χ1n) is 20.7. The Kier molecular flexibility index (Phi) is 8.76. The molecule has 0 bridgehead atoms. The molecular formula is C55H47N3O2. The molecule has 0 fully saturated rings. The number of furan rings is 1. The Morgan fingerprint density at radius 1 is 0.567 bits per heavy atom. The van der Waals surface area contributed by atoms with Crippen molar-refractivity contribution in [3.8, 4) is 45.1 Å². The molecule has 0 aliphatic rings. The summed E-state index contributed by atoms with van der Waals surface area (Å²) < 4.78 is 8.95. The van der Waals surface area contributed by atoms with E-state index in [1.165, 1.54) is 16.7 Å². The van der Waals surface area contributed by atoms with Crippen molar-refractivity contribution in [3.05, 3.63) is 180 Å². The second-order valence-electron chi connectivity index (χ2n) is 18.1. The van der Waals surface area contributed by atoms with Crippen LogP contribution in [0, 0.1) is 0 Å². The molecule has 0 aliphatic carbocycles. The summed E-state index contributed by atoms with van der Waals surface area (Å²) in [7, 11) is 0. The number of pyridine rings is 1. The average molecular weight is 782 g/mol. The maximum Gasteiger partial charge on any atom is 0.149 e. The van der Waals surface area contributed by atoms with Gasteiger partial charge in [0.2, 0.25) is 0 Å². The first kappa shape index (κ1) is 37.3. The van der Waals surface area contributed by atoms with E-state index in [4.69, 9.17) is 14.4 Å². The van der Waals surface area contributed by atoms with Crippen molar-refractivity contribution in [2.75, 3.05) is 0 Å². The monoisotopic (exact) mass is 781 g/mol. The highest BCUT2D eigenvalue weighted by atomic mass is 16.3. The SMILES string of the molecule is CC(C)(C)c1ccc(O)c(-c2nc3c(-c4cc(-c5cc(C(C)(C)C)cc6cccnc56)c5oc6ccccc6c5c4)cccc3n2-c2ccc(Cc3ccccc3)cc2)c1. The summed E-state index contributed by atoms with van der Waals surface area (Å²) in [6, 6.07) is 53.1. The lowest BCUT2D eigenvalue weighted by Gasteiger charge is -2.21. The molecule has 7 aromatic carbocycles. The summed E-state index contributed by atoms with van der Waals surface area (Å²) in [6.07, 6.45) is 2.71. The summed E-state index contributed by atoms with van der Waals surface area (Å²) in [5, 5.41) is 14.8. The van der Waals surface area contributed by atoms with E-state index in [1.807, 2.05) is 30.5 Å². The highest BCUT2D eigenvalue weighted by Crippen LogP contribution is 2.45. The first-order valence-corrected chi connectivity index (χ1v) is 20.7. The van der Waals surface area contributed by atoms with Crippen LogP contribution in [0.1, 0.15) is 63.8 Å². The lowest BCUT2D eigenvalue weighted by atomic mass is 9.83. The molecule has 0 aliphatic heterocycles. The van der Waals surface area contributed by atoms with Crippen LogP contribution < -0.4 is 0 Å². The van der Waals surface area contributed by atoms with Crippen LogP contribution in [0.15, 0.2) is 162 Å². The van der Waals surface area contributed by atoms with E-state index in [0.29, 0.717) is 11.4 Å². The molecule has 0 saturated heterocycles. The summed E-state index contributed by atoms with van der Waals surface area (Å²) in [5.41, 5.74) is 14.7. The van der Waals surface area contributed by atoms with Crippen LogP contribution in [-0.2, 0) is 17.3 Å². The molecule has 5 heteroatoms. The number of imidazole rings is 1. The van der Waals surface area contributed by atoms with Gasteiger partial charge in [-0.05, 0) is 112 Å². The minimum Gasteiger partial charge on any atom is -0.507 e. The van der Waals surface area contributed by atoms with Crippen molar-refractivity contribution in [2.45, 2.75) is 58.8 Å². The topological polar surface area (TPSA) is 64.1 Å². The van der Waals surface area contributed by atoms with E-state index in [2.05, 4.69) is 167 Å². The summed E-state index contributed by atoms with van der Waals surface area (Å²) in [5.74, 6) is 0.869. The molecule has 3 heterocycles. The van der Waals surface area contributed by atoms with E-state index < -0.39 is 0 Å². The third-order valence-electron chi connectivity index (χ3n) is 11.9. The van der Waals surface area contributed by atoms with E-state index in [0.717, 1.165) is 83.8 Å². The quantitative estimate of drug-likeness (QED) is 0.182.